The number of fused-ring (bicyclic) bond motifs is 1. The van der Waals surface area contributed by atoms with Crippen molar-refractivity contribution in [3.05, 3.63) is 70.7 Å². The van der Waals surface area contributed by atoms with Crippen molar-refractivity contribution in [2.75, 3.05) is 11.9 Å². The molecule has 3 aromatic carbocycles. The summed E-state index contributed by atoms with van der Waals surface area (Å²) < 4.78 is 6.55. The van der Waals surface area contributed by atoms with Crippen LogP contribution in [-0.4, -0.2) is 12.5 Å². The summed E-state index contributed by atoms with van der Waals surface area (Å²) in [5.41, 5.74) is 1.31. The van der Waals surface area contributed by atoms with Crippen LogP contribution in [0.15, 0.2) is 65.1 Å². The summed E-state index contributed by atoms with van der Waals surface area (Å²) in [6.45, 7) is 2.62. The Kier molecular flexibility index (Phi) is 5.16. The number of nitrogens with one attached hydrogen (secondary N) is 1. The Morgan fingerprint density at radius 2 is 1.88 bits per heavy atom. The van der Waals surface area contributed by atoms with Crippen LogP contribution < -0.4 is 10.1 Å². The van der Waals surface area contributed by atoms with E-state index in [0.29, 0.717) is 17.9 Å². The van der Waals surface area contributed by atoms with E-state index in [1.54, 1.807) is 6.07 Å². The first-order chi connectivity index (χ1) is 11.7. The fourth-order valence-corrected chi connectivity index (χ4v) is 2.90. The number of halogens is 1. The SMILES string of the molecule is CCCOc1ccc(Br)cc1C(=O)Nc1cccc2ccccc12. The zero-order valence-electron chi connectivity index (χ0n) is 13.4. The quantitative estimate of drug-likeness (QED) is 0.618. The zero-order valence-corrected chi connectivity index (χ0v) is 15.0. The Labute approximate surface area is 149 Å². The van der Waals surface area contributed by atoms with Crippen LogP contribution in [0.3, 0.4) is 0 Å². The molecule has 0 heterocycles. The number of rotatable bonds is 5. The van der Waals surface area contributed by atoms with Gasteiger partial charge in [0.15, 0.2) is 0 Å². The van der Waals surface area contributed by atoms with E-state index in [2.05, 4.69) is 21.2 Å². The lowest BCUT2D eigenvalue weighted by atomic mass is 10.1. The van der Waals surface area contributed by atoms with Crippen LogP contribution in [0.1, 0.15) is 23.7 Å². The molecule has 0 radical (unpaired) electrons. The largest absolute Gasteiger partial charge is 0.493 e. The third-order valence-corrected chi connectivity index (χ3v) is 4.18. The van der Waals surface area contributed by atoms with E-state index in [4.69, 9.17) is 4.74 Å². The maximum atomic E-state index is 12.8. The van der Waals surface area contributed by atoms with Crippen molar-refractivity contribution in [2.45, 2.75) is 13.3 Å². The molecule has 1 amide bonds. The third-order valence-electron chi connectivity index (χ3n) is 3.69. The van der Waals surface area contributed by atoms with Gasteiger partial charge in [-0.3, -0.25) is 4.79 Å². The van der Waals surface area contributed by atoms with Crippen molar-refractivity contribution in [1.29, 1.82) is 0 Å². The molecule has 0 aliphatic rings. The second kappa shape index (κ2) is 7.49. The predicted octanol–water partition coefficient (Wildman–Crippen LogP) is 5.64. The summed E-state index contributed by atoms with van der Waals surface area (Å²) in [6.07, 6.45) is 0.889. The fourth-order valence-electron chi connectivity index (χ4n) is 2.54. The summed E-state index contributed by atoms with van der Waals surface area (Å²) in [7, 11) is 0. The van der Waals surface area contributed by atoms with E-state index in [1.807, 2.05) is 61.5 Å². The first-order valence-corrected chi connectivity index (χ1v) is 8.70. The molecule has 0 spiro atoms. The minimum atomic E-state index is -0.182. The Morgan fingerprint density at radius 1 is 1.08 bits per heavy atom. The highest BCUT2D eigenvalue weighted by Crippen LogP contribution is 2.27. The molecule has 122 valence electrons. The molecule has 0 saturated heterocycles. The van der Waals surface area contributed by atoms with E-state index in [-0.39, 0.29) is 5.91 Å². The molecule has 3 aromatic rings. The number of ether oxygens (including phenoxy) is 1. The molecule has 0 bridgehead atoms. The molecule has 0 saturated carbocycles. The number of amides is 1. The Bertz CT molecular complexity index is 871. The molecule has 0 atom stereocenters. The van der Waals surface area contributed by atoms with Crippen molar-refractivity contribution < 1.29 is 9.53 Å². The lowest BCUT2D eigenvalue weighted by Crippen LogP contribution is -2.14. The van der Waals surface area contributed by atoms with Gasteiger partial charge in [0.1, 0.15) is 5.75 Å². The van der Waals surface area contributed by atoms with Crippen molar-refractivity contribution in [3.8, 4) is 5.75 Å². The molecule has 0 aromatic heterocycles. The lowest BCUT2D eigenvalue weighted by molar-refractivity contribution is 0.102. The highest BCUT2D eigenvalue weighted by molar-refractivity contribution is 9.10. The molecule has 4 heteroatoms. The van der Waals surface area contributed by atoms with E-state index in [9.17, 15) is 4.79 Å². The van der Waals surface area contributed by atoms with Crippen LogP contribution in [0.25, 0.3) is 10.8 Å². The number of carbonyl (C=O) groups is 1. The Balaban J connectivity index is 1.93. The molecule has 0 aliphatic carbocycles. The number of anilines is 1. The number of carbonyl (C=O) groups excluding carboxylic acids is 1. The van der Waals surface area contributed by atoms with Gasteiger partial charge in [0.25, 0.3) is 5.91 Å². The first kappa shape index (κ1) is 16.5. The second-order valence-electron chi connectivity index (χ2n) is 5.47. The maximum Gasteiger partial charge on any atom is 0.259 e. The van der Waals surface area contributed by atoms with Crippen molar-refractivity contribution in [2.24, 2.45) is 0 Å². The molecular formula is C20H18BrNO2. The highest BCUT2D eigenvalue weighted by Gasteiger charge is 2.14. The predicted molar refractivity (Wildman–Crippen MR) is 102 cm³/mol. The molecule has 3 rings (SSSR count). The van der Waals surface area contributed by atoms with Crippen molar-refractivity contribution in [3.63, 3.8) is 0 Å². The van der Waals surface area contributed by atoms with E-state index in [0.717, 1.165) is 27.4 Å². The minimum absolute atomic E-state index is 0.182. The third kappa shape index (κ3) is 3.60. The number of hydrogen-bond donors (Lipinski definition) is 1. The van der Waals surface area contributed by atoms with Gasteiger partial charge < -0.3 is 10.1 Å². The van der Waals surface area contributed by atoms with Gasteiger partial charge in [-0.1, -0.05) is 59.3 Å². The monoisotopic (exact) mass is 383 g/mol. The maximum absolute atomic E-state index is 12.8. The van der Waals surface area contributed by atoms with Gasteiger partial charge in [-0.15, -0.1) is 0 Å². The Morgan fingerprint density at radius 3 is 2.71 bits per heavy atom. The molecule has 0 fully saturated rings. The summed E-state index contributed by atoms with van der Waals surface area (Å²) in [6, 6.07) is 19.3. The van der Waals surface area contributed by atoms with Crippen LogP contribution in [-0.2, 0) is 0 Å². The lowest BCUT2D eigenvalue weighted by Gasteiger charge is -2.13. The van der Waals surface area contributed by atoms with Gasteiger partial charge in [0.05, 0.1) is 12.2 Å². The van der Waals surface area contributed by atoms with E-state index in [1.165, 1.54) is 0 Å². The first-order valence-electron chi connectivity index (χ1n) is 7.90. The summed E-state index contributed by atoms with van der Waals surface area (Å²) in [5.74, 6) is 0.413. The Hall–Kier alpha value is -2.33. The molecule has 1 N–H and O–H groups in total. The molecule has 3 nitrogen and oxygen atoms in total. The van der Waals surface area contributed by atoms with E-state index >= 15 is 0 Å². The molecule has 24 heavy (non-hydrogen) atoms. The zero-order chi connectivity index (χ0) is 16.9. The topological polar surface area (TPSA) is 38.3 Å². The molecular weight excluding hydrogens is 366 g/mol. The van der Waals surface area contributed by atoms with Crippen LogP contribution in [0, 0.1) is 0 Å². The number of benzene rings is 3. The van der Waals surface area contributed by atoms with E-state index < -0.39 is 0 Å². The van der Waals surface area contributed by atoms with Gasteiger partial charge in [-0.25, -0.2) is 0 Å². The van der Waals surface area contributed by atoms with Crippen LogP contribution >= 0.6 is 15.9 Å². The molecule has 0 aliphatic heterocycles. The summed E-state index contributed by atoms with van der Waals surface area (Å²) in [4.78, 5) is 12.8. The fraction of sp³-hybridized carbons (Fsp3) is 0.150. The van der Waals surface area contributed by atoms with Crippen molar-refractivity contribution in [1.82, 2.24) is 0 Å². The van der Waals surface area contributed by atoms with Crippen LogP contribution in [0.5, 0.6) is 5.75 Å². The second-order valence-corrected chi connectivity index (χ2v) is 6.39. The smallest absolute Gasteiger partial charge is 0.259 e. The van der Waals surface area contributed by atoms with Gasteiger partial charge in [-0.05, 0) is 36.1 Å². The van der Waals surface area contributed by atoms with Crippen LogP contribution in [0.2, 0.25) is 0 Å². The summed E-state index contributed by atoms with van der Waals surface area (Å²) in [5, 5.41) is 5.11. The minimum Gasteiger partial charge on any atom is -0.493 e. The van der Waals surface area contributed by atoms with Crippen molar-refractivity contribution >= 4 is 38.3 Å². The van der Waals surface area contributed by atoms with Gasteiger partial charge in [0.2, 0.25) is 0 Å². The molecule has 0 unspecified atom stereocenters. The van der Waals surface area contributed by atoms with Gasteiger partial charge in [-0.2, -0.15) is 0 Å². The number of hydrogen-bond acceptors (Lipinski definition) is 2. The van der Waals surface area contributed by atoms with Crippen LogP contribution in [0.4, 0.5) is 5.69 Å². The van der Waals surface area contributed by atoms with Gasteiger partial charge in [0, 0.05) is 15.5 Å². The highest BCUT2D eigenvalue weighted by atomic mass is 79.9. The average Bonchev–Trinajstić information content (AvgIpc) is 2.61. The summed E-state index contributed by atoms with van der Waals surface area (Å²) >= 11 is 3.42. The average molecular weight is 384 g/mol. The van der Waals surface area contributed by atoms with Gasteiger partial charge >= 0.3 is 0 Å². The normalized spacial score (nSPS) is 10.6. The standard InChI is InChI=1S/C20H18BrNO2/c1-2-12-24-19-11-10-15(21)13-17(19)20(23)22-18-9-5-7-14-6-3-4-8-16(14)18/h3-11,13H,2,12H2,1H3,(H,22,23).